The first-order chi connectivity index (χ1) is 12.4. The Morgan fingerprint density at radius 1 is 0.692 bits per heavy atom. The fourth-order valence-corrected chi connectivity index (χ4v) is 3.03. The van der Waals surface area contributed by atoms with Gasteiger partial charge in [-0.3, -0.25) is 0 Å². The quantitative estimate of drug-likeness (QED) is 0.480. The number of hydrogen-bond acceptors (Lipinski definition) is 8. The minimum atomic E-state index is -0.668. The first kappa shape index (κ1) is 17.3. The van der Waals surface area contributed by atoms with E-state index in [0.29, 0.717) is 11.1 Å². The standard InChI is InChI=1S/C16H16N4O6/c21-13-3-1-9(5-15(13)23)11-7-20(18-26)12(8-19(11)17-25)10-2-4-14(22)16(24)6-10/h1-6,11-12,21-24H,7-8H2. The largest absolute Gasteiger partial charge is 0.504 e. The Morgan fingerprint density at radius 3 is 1.38 bits per heavy atom. The van der Waals surface area contributed by atoms with Crippen molar-refractivity contribution >= 4 is 0 Å². The molecule has 1 aliphatic rings. The lowest BCUT2D eigenvalue weighted by molar-refractivity contribution is 0.0266. The Hall–Kier alpha value is -3.56. The van der Waals surface area contributed by atoms with Gasteiger partial charge in [0.05, 0.1) is 35.7 Å². The zero-order chi connectivity index (χ0) is 18.8. The predicted molar refractivity (Wildman–Crippen MR) is 90.0 cm³/mol. The van der Waals surface area contributed by atoms with Gasteiger partial charge < -0.3 is 20.4 Å². The van der Waals surface area contributed by atoms with Crippen LogP contribution in [0.3, 0.4) is 0 Å². The summed E-state index contributed by atoms with van der Waals surface area (Å²) in [7, 11) is 0. The normalized spacial score (nSPS) is 20.0. The molecular weight excluding hydrogens is 344 g/mol. The van der Waals surface area contributed by atoms with Crippen LogP contribution < -0.4 is 0 Å². The van der Waals surface area contributed by atoms with Crippen LogP contribution in [0.25, 0.3) is 0 Å². The Labute approximate surface area is 147 Å². The molecule has 2 aromatic rings. The molecule has 1 saturated heterocycles. The Morgan fingerprint density at radius 2 is 1.08 bits per heavy atom. The molecule has 10 heteroatoms. The number of benzene rings is 2. The van der Waals surface area contributed by atoms with Crippen molar-refractivity contribution < 1.29 is 20.4 Å². The smallest absolute Gasteiger partial charge is 0.157 e. The van der Waals surface area contributed by atoms with Gasteiger partial charge in [0.1, 0.15) is 0 Å². The molecule has 4 N–H and O–H groups in total. The summed E-state index contributed by atoms with van der Waals surface area (Å²) < 4.78 is 0. The average Bonchev–Trinajstić information content (AvgIpc) is 2.65. The fraction of sp³-hybridized carbons (Fsp3) is 0.250. The molecule has 0 amide bonds. The number of rotatable bonds is 4. The van der Waals surface area contributed by atoms with E-state index in [-0.39, 0.29) is 36.1 Å². The maximum atomic E-state index is 11.3. The SMILES string of the molecule is O=NN1CC(c2ccc(O)c(O)c2)N(N=O)CC1c1ccc(O)c(O)c1. The van der Waals surface area contributed by atoms with Crippen molar-refractivity contribution in [1.82, 2.24) is 10.0 Å². The lowest BCUT2D eigenvalue weighted by Crippen LogP contribution is -2.45. The summed E-state index contributed by atoms with van der Waals surface area (Å²) in [5.74, 6) is -1.33. The van der Waals surface area contributed by atoms with Crippen LogP contribution in [0.1, 0.15) is 23.2 Å². The number of phenolic OH excluding ortho intramolecular Hbond substituents is 4. The van der Waals surface area contributed by atoms with E-state index in [1.54, 1.807) is 0 Å². The second-order valence-electron chi connectivity index (χ2n) is 5.94. The van der Waals surface area contributed by atoms with E-state index < -0.39 is 12.1 Å². The Balaban J connectivity index is 1.93. The zero-order valence-electron chi connectivity index (χ0n) is 13.4. The van der Waals surface area contributed by atoms with Crippen molar-refractivity contribution in [2.75, 3.05) is 13.1 Å². The monoisotopic (exact) mass is 360 g/mol. The highest BCUT2D eigenvalue weighted by Crippen LogP contribution is 2.39. The summed E-state index contributed by atoms with van der Waals surface area (Å²) in [6.07, 6.45) is 0. The van der Waals surface area contributed by atoms with Crippen LogP contribution >= 0.6 is 0 Å². The van der Waals surface area contributed by atoms with Crippen molar-refractivity contribution in [1.29, 1.82) is 0 Å². The highest BCUT2D eigenvalue weighted by atomic mass is 16.3. The zero-order valence-corrected chi connectivity index (χ0v) is 13.4. The molecule has 1 heterocycles. The molecular formula is C16H16N4O6. The molecule has 2 atom stereocenters. The molecule has 136 valence electrons. The molecule has 0 radical (unpaired) electrons. The molecule has 26 heavy (non-hydrogen) atoms. The first-order valence-corrected chi connectivity index (χ1v) is 7.68. The lowest BCUT2D eigenvalue weighted by atomic mass is 9.97. The molecule has 2 unspecified atom stereocenters. The maximum absolute atomic E-state index is 11.3. The van der Waals surface area contributed by atoms with Gasteiger partial charge in [-0.25, -0.2) is 10.0 Å². The van der Waals surface area contributed by atoms with Crippen molar-refractivity contribution in [2.24, 2.45) is 10.6 Å². The van der Waals surface area contributed by atoms with Crippen molar-refractivity contribution in [3.63, 3.8) is 0 Å². The first-order valence-electron chi connectivity index (χ1n) is 7.68. The fourth-order valence-electron chi connectivity index (χ4n) is 3.03. The van der Waals surface area contributed by atoms with Gasteiger partial charge in [0, 0.05) is 0 Å². The minimum Gasteiger partial charge on any atom is -0.504 e. The summed E-state index contributed by atoms with van der Waals surface area (Å²) >= 11 is 0. The second kappa shape index (κ2) is 6.75. The van der Waals surface area contributed by atoms with E-state index in [1.807, 2.05) is 0 Å². The molecule has 0 aromatic heterocycles. The van der Waals surface area contributed by atoms with Gasteiger partial charge in [0.25, 0.3) is 0 Å². The Bertz CT molecular complexity index is 776. The second-order valence-corrected chi connectivity index (χ2v) is 5.94. The van der Waals surface area contributed by atoms with Gasteiger partial charge in [0.15, 0.2) is 23.0 Å². The highest BCUT2D eigenvalue weighted by Gasteiger charge is 2.37. The average molecular weight is 360 g/mol. The van der Waals surface area contributed by atoms with Crippen LogP contribution in [0, 0.1) is 9.81 Å². The van der Waals surface area contributed by atoms with Gasteiger partial charge in [-0.05, 0) is 35.4 Å². The third-order valence-corrected chi connectivity index (χ3v) is 4.42. The van der Waals surface area contributed by atoms with Crippen LogP contribution in [0.5, 0.6) is 23.0 Å². The number of piperazine rings is 1. The van der Waals surface area contributed by atoms with Crippen molar-refractivity contribution in [2.45, 2.75) is 12.1 Å². The molecule has 0 saturated carbocycles. The lowest BCUT2D eigenvalue weighted by Gasteiger charge is -2.41. The maximum Gasteiger partial charge on any atom is 0.157 e. The minimum absolute atomic E-state index is 0.00817. The molecule has 2 aromatic carbocycles. The van der Waals surface area contributed by atoms with E-state index in [2.05, 4.69) is 10.6 Å². The van der Waals surface area contributed by atoms with Crippen molar-refractivity contribution in [3.05, 3.63) is 57.3 Å². The molecule has 0 aliphatic carbocycles. The van der Waals surface area contributed by atoms with E-state index in [1.165, 1.54) is 46.4 Å². The number of nitrogens with zero attached hydrogens (tertiary/aromatic N) is 4. The molecule has 10 nitrogen and oxygen atoms in total. The molecule has 0 bridgehead atoms. The van der Waals surface area contributed by atoms with E-state index >= 15 is 0 Å². The third kappa shape index (κ3) is 3.04. The summed E-state index contributed by atoms with van der Waals surface area (Å²) in [5, 5.41) is 46.6. The van der Waals surface area contributed by atoms with E-state index in [9.17, 15) is 30.2 Å². The predicted octanol–water partition coefficient (Wildman–Crippen LogP) is 2.27. The summed E-state index contributed by atoms with van der Waals surface area (Å²) in [5.41, 5.74) is 0.945. The Kier molecular flexibility index (Phi) is 4.48. The van der Waals surface area contributed by atoms with Crippen molar-refractivity contribution in [3.8, 4) is 23.0 Å². The summed E-state index contributed by atoms with van der Waals surface area (Å²) in [6.45, 7) is -0.0163. The van der Waals surface area contributed by atoms with E-state index in [4.69, 9.17) is 0 Å². The number of phenols is 4. The van der Waals surface area contributed by atoms with Gasteiger partial charge in [-0.2, -0.15) is 0 Å². The van der Waals surface area contributed by atoms with Crippen LogP contribution in [-0.2, 0) is 0 Å². The van der Waals surface area contributed by atoms with Gasteiger partial charge >= 0.3 is 0 Å². The summed E-state index contributed by atoms with van der Waals surface area (Å²) in [6, 6.07) is 6.80. The summed E-state index contributed by atoms with van der Waals surface area (Å²) in [4.78, 5) is 22.7. The molecule has 1 fully saturated rings. The highest BCUT2D eigenvalue weighted by molar-refractivity contribution is 5.43. The van der Waals surface area contributed by atoms with E-state index in [0.717, 1.165) is 0 Å². The molecule has 3 rings (SSSR count). The van der Waals surface area contributed by atoms with Crippen LogP contribution in [0.15, 0.2) is 47.0 Å². The van der Waals surface area contributed by atoms with Crippen LogP contribution in [0.4, 0.5) is 0 Å². The van der Waals surface area contributed by atoms with Gasteiger partial charge in [-0.15, -0.1) is 9.81 Å². The molecule has 0 spiro atoms. The number of aromatic hydroxyl groups is 4. The number of hydrogen-bond donors (Lipinski definition) is 4. The van der Waals surface area contributed by atoms with Crippen LogP contribution in [0.2, 0.25) is 0 Å². The molecule has 1 aliphatic heterocycles. The van der Waals surface area contributed by atoms with Crippen LogP contribution in [-0.4, -0.2) is 43.5 Å². The third-order valence-electron chi connectivity index (χ3n) is 4.42. The topological polar surface area (TPSA) is 146 Å². The van der Waals surface area contributed by atoms with Gasteiger partial charge in [0.2, 0.25) is 0 Å². The van der Waals surface area contributed by atoms with Gasteiger partial charge in [-0.1, -0.05) is 12.1 Å². The number of nitroso groups, excluding NO2 is 2.